The molecule has 0 radical (unpaired) electrons. The largest absolute Gasteiger partial charge is 0.493 e. The molecule has 106 valence electrons. The molecule has 4 heteroatoms. The second-order valence-electron chi connectivity index (χ2n) is 4.46. The van der Waals surface area contributed by atoms with Crippen LogP contribution in [0.1, 0.15) is 23.8 Å². The molecule has 0 unspecified atom stereocenters. The van der Waals surface area contributed by atoms with Gasteiger partial charge in [0.25, 0.3) is 0 Å². The number of aliphatic hydroxyl groups excluding tert-OH is 1. The van der Waals surface area contributed by atoms with Crippen LogP contribution in [0.25, 0.3) is 0 Å². The molecule has 1 atom stereocenters. The van der Waals surface area contributed by atoms with Crippen LogP contribution >= 0.6 is 0 Å². The Morgan fingerprint density at radius 2 is 1.95 bits per heavy atom. The van der Waals surface area contributed by atoms with E-state index < -0.39 is 6.10 Å². The van der Waals surface area contributed by atoms with Gasteiger partial charge in [-0.3, -0.25) is 4.98 Å². The van der Waals surface area contributed by atoms with Crippen molar-refractivity contribution in [1.82, 2.24) is 4.98 Å². The smallest absolute Gasteiger partial charge is 0.163 e. The molecule has 1 N–H and O–H groups in total. The summed E-state index contributed by atoms with van der Waals surface area (Å²) in [6, 6.07) is 11.3. The van der Waals surface area contributed by atoms with Gasteiger partial charge in [0.1, 0.15) is 0 Å². The third-order valence-corrected chi connectivity index (χ3v) is 3.20. The minimum atomic E-state index is -0.577. The third kappa shape index (κ3) is 3.27. The van der Waals surface area contributed by atoms with E-state index in [0.717, 1.165) is 11.3 Å². The lowest BCUT2D eigenvalue weighted by molar-refractivity contribution is 0.162. The average Bonchev–Trinajstić information content (AvgIpc) is 2.52. The van der Waals surface area contributed by atoms with Gasteiger partial charge in [-0.2, -0.15) is 0 Å². The molecule has 0 aliphatic heterocycles. The van der Waals surface area contributed by atoms with E-state index in [1.807, 2.05) is 36.4 Å². The summed E-state index contributed by atoms with van der Waals surface area (Å²) in [6.45, 7) is 0. The highest BCUT2D eigenvalue weighted by Gasteiger charge is 2.13. The fraction of sp³-hybridized carbons (Fsp3) is 0.312. The topological polar surface area (TPSA) is 51.6 Å². The maximum absolute atomic E-state index is 10.1. The first-order valence-corrected chi connectivity index (χ1v) is 6.55. The summed E-state index contributed by atoms with van der Waals surface area (Å²) in [5.74, 6) is 1.43. The van der Waals surface area contributed by atoms with Crippen molar-refractivity contribution in [2.24, 2.45) is 0 Å². The molecule has 0 amide bonds. The van der Waals surface area contributed by atoms with E-state index >= 15 is 0 Å². The molecular weight excluding hydrogens is 254 g/mol. The Hall–Kier alpha value is -2.07. The van der Waals surface area contributed by atoms with E-state index in [1.165, 1.54) is 0 Å². The van der Waals surface area contributed by atoms with Gasteiger partial charge in [-0.05, 0) is 36.6 Å². The van der Waals surface area contributed by atoms with Gasteiger partial charge >= 0.3 is 0 Å². The van der Waals surface area contributed by atoms with Gasteiger partial charge in [0.15, 0.2) is 11.5 Å². The molecule has 0 saturated carbocycles. The van der Waals surface area contributed by atoms with Gasteiger partial charge in [-0.15, -0.1) is 0 Å². The van der Waals surface area contributed by atoms with E-state index in [0.29, 0.717) is 24.3 Å². The maximum atomic E-state index is 10.1. The second kappa shape index (κ2) is 6.91. The lowest BCUT2D eigenvalue weighted by Gasteiger charge is -2.14. The van der Waals surface area contributed by atoms with Crippen molar-refractivity contribution in [3.63, 3.8) is 0 Å². The molecule has 0 bridgehead atoms. The Morgan fingerprint density at radius 1 is 1.10 bits per heavy atom. The number of hydrogen-bond donors (Lipinski definition) is 1. The zero-order chi connectivity index (χ0) is 14.4. The minimum absolute atomic E-state index is 0.577. The van der Waals surface area contributed by atoms with Crippen LogP contribution in [0.4, 0.5) is 0 Å². The highest BCUT2D eigenvalue weighted by molar-refractivity contribution is 5.46. The van der Waals surface area contributed by atoms with Gasteiger partial charge in [0, 0.05) is 6.20 Å². The van der Waals surface area contributed by atoms with Crippen LogP contribution in [-0.4, -0.2) is 24.3 Å². The van der Waals surface area contributed by atoms with Gasteiger partial charge in [0.2, 0.25) is 0 Å². The van der Waals surface area contributed by atoms with Crippen LogP contribution in [0.2, 0.25) is 0 Å². The Morgan fingerprint density at radius 3 is 2.60 bits per heavy atom. The highest BCUT2D eigenvalue weighted by atomic mass is 16.5. The summed E-state index contributed by atoms with van der Waals surface area (Å²) >= 11 is 0. The first kappa shape index (κ1) is 14.3. The maximum Gasteiger partial charge on any atom is 0.163 e. The molecular formula is C16H19NO3. The van der Waals surface area contributed by atoms with E-state index in [1.54, 1.807) is 20.4 Å². The molecule has 0 saturated heterocycles. The van der Waals surface area contributed by atoms with Gasteiger partial charge in [-0.25, -0.2) is 0 Å². The van der Waals surface area contributed by atoms with Gasteiger partial charge < -0.3 is 14.6 Å². The first-order valence-electron chi connectivity index (χ1n) is 6.55. The molecule has 0 aliphatic carbocycles. The number of rotatable bonds is 6. The molecule has 1 aromatic carbocycles. The number of hydrogen-bond acceptors (Lipinski definition) is 4. The predicted octanol–water partition coefficient (Wildman–Crippen LogP) is 2.77. The van der Waals surface area contributed by atoms with Gasteiger partial charge in [0.05, 0.1) is 26.0 Å². The van der Waals surface area contributed by atoms with Crippen molar-refractivity contribution in [3.8, 4) is 11.5 Å². The van der Waals surface area contributed by atoms with E-state index in [-0.39, 0.29) is 0 Å². The monoisotopic (exact) mass is 273 g/mol. The van der Waals surface area contributed by atoms with Crippen LogP contribution in [0.5, 0.6) is 11.5 Å². The molecule has 0 spiro atoms. The Bertz CT molecular complexity index is 543. The molecule has 20 heavy (non-hydrogen) atoms. The Kier molecular flexibility index (Phi) is 4.96. The standard InChI is InChI=1S/C16H19NO3/c1-19-15-8-5-6-12(16(15)20-2)9-10-14(18)13-7-3-4-11-17-13/h3-8,11,14,18H,9-10H2,1-2H3/t14-/m1/s1. The number of pyridine rings is 1. The highest BCUT2D eigenvalue weighted by Crippen LogP contribution is 2.32. The molecule has 1 aromatic heterocycles. The number of aromatic nitrogens is 1. The molecule has 1 heterocycles. The number of ether oxygens (including phenoxy) is 2. The van der Waals surface area contributed by atoms with Crippen molar-refractivity contribution >= 4 is 0 Å². The quantitative estimate of drug-likeness (QED) is 0.879. The molecule has 0 fully saturated rings. The van der Waals surface area contributed by atoms with Gasteiger partial charge in [-0.1, -0.05) is 18.2 Å². The molecule has 2 aromatic rings. The summed E-state index contributed by atoms with van der Waals surface area (Å²) in [5.41, 5.74) is 1.70. The molecule has 2 rings (SSSR count). The lowest BCUT2D eigenvalue weighted by Crippen LogP contribution is -2.03. The Balaban J connectivity index is 2.07. The van der Waals surface area contributed by atoms with Crippen molar-refractivity contribution in [2.75, 3.05) is 14.2 Å². The second-order valence-corrected chi connectivity index (χ2v) is 4.46. The van der Waals surface area contributed by atoms with Crippen LogP contribution in [0, 0.1) is 0 Å². The van der Waals surface area contributed by atoms with Crippen LogP contribution in [0.3, 0.4) is 0 Å². The number of para-hydroxylation sites is 1. The van der Waals surface area contributed by atoms with E-state index in [4.69, 9.17) is 9.47 Å². The first-order chi connectivity index (χ1) is 9.76. The summed E-state index contributed by atoms with van der Waals surface area (Å²) in [4.78, 5) is 4.16. The van der Waals surface area contributed by atoms with E-state index in [2.05, 4.69) is 4.98 Å². The number of methoxy groups -OCH3 is 2. The third-order valence-electron chi connectivity index (χ3n) is 3.20. The predicted molar refractivity (Wildman–Crippen MR) is 77.1 cm³/mol. The normalized spacial score (nSPS) is 11.9. The summed E-state index contributed by atoms with van der Waals surface area (Å²) < 4.78 is 10.7. The van der Waals surface area contributed by atoms with E-state index in [9.17, 15) is 5.11 Å². The SMILES string of the molecule is COc1cccc(CC[C@@H](O)c2ccccn2)c1OC. The average molecular weight is 273 g/mol. The summed E-state index contributed by atoms with van der Waals surface area (Å²) in [5, 5.41) is 10.1. The molecule has 0 aliphatic rings. The van der Waals surface area contributed by atoms with Crippen molar-refractivity contribution in [3.05, 3.63) is 53.9 Å². The van der Waals surface area contributed by atoms with Crippen molar-refractivity contribution < 1.29 is 14.6 Å². The Labute approximate surface area is 119 Å². The summed E-state index contributed by atoms with van der Waals surface area (Å²) in [6.07, 6.45) is 2.38. The van der Waals surface area contributed by atoms with Crippen molar-refractivity contribution in [2.45, 2.75) is 18.9 Å². The van der Waals surface area contributed by atoms with Crippen LogP contribution in [-0.2, 0) is 6.42 Å². The zero-order valence-electron chi connectivity index (χ0n) is 11.7. The zero-order valence-corrected chi connectivity index (χ0v) is 11.7. The number of nitrogens with zero attached hydrogens (tertiary/aromatic N) is 1. The fourth-order valence-electron chi connectivity index (χ4n) is 2.16. The minimum Gasteiger partial charge on any atom is -0.493 e. The van der Waals surface area contributed by atoms with Crippen LogP contribution < -0.4 is 9.47 Å². The molecule has 4 nitrogen and oxygen atoms in total. The number of benzene rings is 1. The summed E-state index contributed by atoms with van der Waals surface area (Å²) in [7, 11) is 3.24. The fourth-order valence-corrected chi connectivity index (χ4v) is 2.16. The lowest BCUT2D eigenvalue weighted by atomic mass is 10.0. The number of aliphatic hydroxyl groups is 1. The number of aryl methyl sites for hydroxylation is 1. The van der Waals surface area contributed by atoms with Crippen molar-refractivity contribution in [1.29, 1.82) is 0 Å². The van der Waals surface area contributed by atoms with Crippen LogP contribution in [0.15, 0.2) is 42.6 Å².